The lowest BCUT2D eigenvalue weighted by molar-refractivity contribution is 0.282. The average Bonchev–Trinajstić information content (AvgIpc) is 3.28. The molecule has 0 bridgehead atoms. The second kappa shape index (κ2) is 8.29. The summed E-state index contributed by atoms with van der Waals surface area (Å²) in [6, 6.07) is 16.8. The number of para-hydroxylation sites is 1. The van der Waals surface area contributed by atoms with E-state index in [9.17, 15) is 17.9 Å². The first kappa shape index (κ1) is 20.7. The molecule has 4 rings (SSSR count). The van der Waals surface area contributed by atoms with Crippen molar-refractivity contribution in [1.82, 2.24) is 15.0 Å². The van der Waals surface area contributed by atoms with E-state index >= 15 is 0 Å². The van der Waals surface area contributed by atoms with Crippen molar-refractivity contribution in [1.29, 1.82) is 0 Å². The molecule has 1 N–H and O–H groups in total. The number of nitrogens with zero attached hydrogens (tertiary/aromatic N) is 3. The lowest BCUT2D eigenvalue weighted by atomic mass is 10.2. The van der Waals surface area contributed by atoms with Crippen LogP contribution in [0.5, 0.6) is 5.75 Å². The van der Waals surface area contributed by atoms with E-state index < -0.39 is 15.7 Å². The molecule has 0 fully saturated rings. The minimum Gasteiger partial charge on any atom is -0.494 e. The standard InChI is InChI=1S/C22H18FN3O4S/c1-30-20-7-4-6-18(23)22(20)26-13-19(24-25-26)17-5-2-3-8-21(17)31(28,29)16-11-9-15(14-27)10-12-16/h2-13,27H,14H2,1H3. The number of hydrogen-bond acceptors (Lipinski definition) is 6. The molecule has 0 aliphatic carbocycles. The molecule has 0 saturated carbocycles. The van der Waals surface area contributed by atoms with Gasteiger partial charge in [-0.3, -0.25) is 0 Å². The van der Waals surface area contributed by atoms with Crippen LogP contribution in [-0.2, 0) is 16.4 Å². The highest BCUT2D eigenvalue weighted by Crippen LogP contribution is 2.32. The highest BCUT2D eigenvalue weighted by atomic mass is 32.2. The Bertz CT molecular complexity index is 1340. The molecule has 9 heteroatoms. The first-order valence-corrected chi connectivity index (χ1v) is 10.7. The number of ether oxygens (including phenoxy) is 1. The Hall–Kier alpha value is -3.56. The average molecular weight is 439 g/mol. The molecule has 0 aliphatic heterocycles. The smallest absolute Gasteiger partial charge is 0.207 e. The Morgan fingerprint density at radius 2 is 1.77 bits per heavy atom. The van der Waals surface area contributed by atoms with E-state index in [0.29, 0.717) is 11.1 Å². The van der Waals surface area contributed by atoms with Gasteiger partial charge in [-0.15, -0.1) is 5.10 Å². The van der Waals surface area contributed by atoms with Gasteiger partial charge in [-0.05, 0) is 35.9 Å². The molecule has 0 amide bonds. The topological polar surface area (TPSA) is 94.3 Å². The fraction of sp³-hybridized carbons (Fsp3) is 0.0909. The molecule has 1 aromatic heterocycles. The third kappa shape index (κ3) is 3.80. The predicted molar refractivity (Wildman–Crippen MR) is 111 cm³/mol. The largest absolute Gasteiger partial charge is 0.494 e. The molecule has 3 aromatic carbocycles. The summed E-state index contributed by atoms with van der Waals surface area (Å²) in [6.07, 6.45) is 1.45. The zero-order valence-corrected chi connectivity index (χ0v) is 17.3. The maximum absolute atomic E-state index is 14.4. The molecule has 0 aliphatic rings. The molecule has 7 nitrogen and oxygen atoms in total. The first-order chi connectivity index (χ1) is 15.0. The molecule has 4 aromatic rings. The Morgan fingerprint density at radius 3 is 2.48 bits per heavy atom. The van der Waals surface area contributed by atoms with Crippen molar-refractivity contribution in [2.75, 3.05) is 7.11 Å². The Kier molecular flexibility index (Phi) is 5.53. The van der Waals surface area contributed by atoms with Crippen LogP contribution in [0.15, 0.2) is 82.7 Å². The summed E-state index contributed by atoms with van der Waals surface area (Å²) in [7, 11) is -2.46. The van der Waals surface area contributed by atoms with Gasteiger partial charge in [0.1, 0.15) is 17.1 Å². The monoisotopic (exact) mass is 439 g/mol. The number of halogens is 1. The van der Waals surface area contributed by atoms with Crippen molar-refractivity contribution < 1.29 is 22.7 Å². The summed E-state index contributed by atoms with van der Waals surface area (Å²) in [4.78, 5) is 0.125. The molecule has 0 atom stereocenters. The van der Waals surface area contributed by atoms with Gasteiger partial charge in [0.15, 0.2) is 5.82 Å². The quantitative estimate of drug-likeness (QED) is 0.495. The minimum absolute atomic E-state index is 0.0410. The van der Waals surface area contributed by atoms with Gasteiger partial charge in [-0.2, -0.15) is 0 Å². The van der Waals surface area contributed by atoms with Gasteiger partial charge in [0, 0.05) is 5.56 Å². The lowest BCUT2D eigenvalue weighted by Crippen LogP contribution is -2.04. The van der Waals surface area contributed by atoms with Crippen LogP contribution in [-0.4, -0.2) is 35.6 Å². The summed E-state index contributed by atoms with van der Waals surface area (Å²) in [6.45, 7) is -0.181. The van der Waals surface area contributed by atoms with Gasteiger partial charge in [0.05, 0.1) is 29.7 Å². The van der Waals surface area contributed by atoms with E-state index in [-0.39, 0.29) is 33.5 Å². The van der Waals surface area contributed by atoms with Crippen molar-refractivity contribution in [3.05, 3.63) is 84.3 Å². The highest BCUT2D eigenvalue weighted by Gasteiger charge is 2.24. The van der Waals surface area contributed by atoms with Crippen LogP contribution >= 0.6 is 0 Å². The summed E-state index contributed by atoms with van der Waals surface area (Å²) < 4.78 is 47.3. The Labute approximate surface area is 178 Å². The van der Waals surface area contributed by atoms with E-state index in [1.807, 2.05) is 0 Å². The molecule has 0 spiro atoms. The predicted octanol–water partition coefficient (Wildman–Crippen LogP) is 3.41. The van der Waals surface area contributed by atoms with Crippen molar-refractivity contribution in [2.45, 2.75) is 16.4 Å². The van der Waals surface area contributed by atoms with Crippen LogP contribution < -0.4 is 4.74 Å². The molecule has 0 saturated heterocycles. The summed E-state index contributed by atoms with van der Waals surface area (Å²) >= 11 is 0. The van der Waals surface area contributed by atoms with Crippen LogP contribution in [0.2, 0.25) is 0 Å². The number of hydrogen-bond donors (Lipinski definition) is 1. The van der Waals surface area contributed by atoms with Gasteiger partial charge < -0.3 is 9.84 Å². The molecule has 0 radical (unpaired) electrons. The number of benzene rings is 3. The van der Waals surface area contributed by atoms with Crippen molar-refractivity contribution in [2.24, 2.45) is 0 Å². The first-order valence-electron chi connectivity index (χ1n) is 9.25. The van der Waals surface area contributed by atoms with E-state index in [0.717, 1.165) is 0 Å². The van der Waals surface area contributed by atoms with Gasteiger partial charge in [0.2, 0.25) is 9.84 Å². The zero-order valence-electron chi connectivity index (χ0n) is 16.4. The van der Waals surface area contributed by atoms with Crippen LogP contribution in [0.25, 0.3) is 16.9 Å². The molecule has 31 heavy (non-hydrogen) atoms. The molecule has 0 unspecified atom stereocenters. The summed E-state index contributed by atoms with van der Waals surface area (Å²) in [5.41, 5.74) is 1.27. The molecule has 1 heterocycles. The van der Waals surface area contributed by atoms with Crippen LogP contribution in [0.1, 0.15) is 5.56 Å². The van der Waals surface area contributed by atoms with E-state index in [1.54, 1.807) is 36.4 Å². The van der Waals surface area contributed by atoms with Gasteiger partial charge in [0.25, 0.3) is 0 Å². The number of methoxy groups -OCH3 is 1. The second-order valence-corrected chi connectivity index (χ2v) is 8.56. The van der Waals surface area contributed by atoms with E-state index in [1.165, 1.54) is 48.3 Å². The Morgan fingerprint density at radius 1 is 1.03 bits per heavy atom. The maximum atomic E-state index is 14.4. The van der Waals surface area contributed by atoms with Gasteiger partial charge >= 0.3 is 0 Å². The highest BCUT2D eigenvalue weighted by molar-refractivity contribution is 7.91. The fourth-order valence-corrected chi connectivity index (χ4v) is 4.66. The third-order valence-corrected chi connectivity index (χ3v) is 6.59. The zero-order chi connectivity index (χ0) is 22.0. The second-order valence-electron chi connectivity index (χ2n) is 6.64. The third-order valence-electron chi connectivity index (χ3n) is 4.76. The minimum atomic E-state index is -3.88. The number of aliphatic hydroxyl groups is 1. The fourth-order valence-electron chi connectivity index (χ4n) is 3.19. The number of aliphatic hydroxyl groups excluding tert-OH is 1. The van der Waals surface area contributed by atoms with Crippen LogP contribution in [0, 0.1) is 5.82 Å². The van der Waals surface area contributed by atoms with Crippen molar-refractivity contribution >= 4 is 9.84 Å². The number of rotatable bonds is 6. The molecular formula is C22H18FN3O4S. The number of sulfone groups is 1. The lowest BCUT2D eigenvalue weighted by Gasteiger charge is -2.10. The normalized spacial score (nSPS) is 11.5. The van der Waals surface area contributed by atoms with Gasteiger partial charge in [-0.25, -0.2) is 17.5 Å². The Balaban J connectivity index is 1.80. The van der Waals surface area contributed by atoms with E-state index in [2.05, 4.69) is 10.3 Å². The van der Waals surface area contributed by atoms with Crippen molar-refractivity contribution in [3.63, 3.8) is 0 Å². The maximum Gasteiger partial charge on any atom is 0.207 e. The van der Waals surface area contributed by atoms with Gasteiger partial charge in [-0.1, -0.05) is 41.6 Å². The van der Waals surface area contributed by atoms with Crippen molar-refractivity contribution in [3.8, 4) is 22.7 Å². The van der Waals surface area contributed by atoms with E-state index in [4.69, 9.17) is 4.74 Å². The van der Waals surface area contributed by atoms with Crippen LogP contribution in [0.3, 0.4) is 0 Å². The number of aromatic nitrogens is 3. The van der Waals surface area contributed by atoms with Crippen LogP contribution in [0.4, 0.5) is 4.39 Å². The molecule has 158 valence electrons. The SMILES string of the molecule is COc1cccc(F)c1-n1cc(-c2ccccc2S(=O)(=O)c2ccc(CO)cc2)nn1. The molecular weight excluding hydrogens is 421 g/mol. The summed E-state index contributed by atoms with van der Waals surface area (Å²) in [5.74, 6) is -0.290. The summed E-state index contributed by atoms with van der Waals surface area (Å²) in [5, 5.41) is 17.2.